The smallest absolute Gasteiger partial charge is 0.00187 e. The second kappa shape index (κ2) is 11.0. The van der Waals surface area contributed by atoms with Crippen LogP contribution in [0.15, 0.2) is 0 Å². The number of piperidine rings is 1. The maximum atomic E-state index is 2.57. The molecule has 14 heavy (non-hydrogen) atoms. The Kier molecular flexibility index (Phi) is 11.0. The Balaban J connectivity index is 0.000000292. The van der Waals surface area contributed by atoms with Gasteiger partial charge in [0.25, 0.3) is 0 Å². The van der Waals surface area contributed by atoms with E-state index in [2.05, 4.69) is 25.7 Å². The molecule has 0 atom stereocenters. The highest BCUT2D eigenvalue weighted by Gasteiger charge is 2.07. The zero-order valence-corrected chi connectivity index (χ0v) is 10.5. The van der Waals surface area contributed by atoms with E-state index in [-0.39, 0.29) is 0 Å². The molecule has 86 valence electrons. The van der Waals surface area contributed by atoms with Crippen molar-refractivity contribution in [1.82, 2.24) is 4.90 Å². The van der Waals surface area contributed by atoms with Crippen LogP contribution in [0.2, 0.25) is 0 Å². The van der Waals surface area contributed by atoms with Gasteiger partial charge in [-0.25, -0.2) is 0 Å². The fourth-order valence-electron chi connectivity index (χ4n) is 1.85. The molecule has 0 saturated carbocycles. The zero-order chi connectivity index (χ0) is 10.6. The van der Waals surface area contributed by atoms with E-state index in [0.717, 1.165) is 0 Å². The molecule has 1 heteroatoms. The van der Waals surface area contributed by atoms with Gasteiger partial charge in [0.15, 0.2) is 0 Å². The summed E-state index contributed by atoms with van der Waals surface area (Å²) in [6.45, 7) is 10.7. The minimum atomic E-state index is 1.32. The third-order valence-corrected chi connectivity index (χ3v) is 2.70. The van der Waals surface area contributed by atoms with Gasteiger partial charge in [-0.2, -0.15) is 0 Å². The second-order valence-electron chi connectivity index (χ2n) is 4.26. The summed E-state index contributed by atoms with van der Waals surface area (Å²) in [7, 11) is 0. The van der Waals surface area contributed by atoms with Gasteiger partial charge in [-0.15, -0.1) is 0 Å². The van der Waals surface area contributed by atoms with Gasteiger partial charge in [0.05, 0.1) is 0 Å². The Morgan fingerprint density at radius 3 is 1.71 bits per heavy atom. The minimum absolute atomic E-state index is 1.32. The molecular formula is C13H29N. The monoisotopic (exact) mass is 199 g/mol. The molecule has 1 aliphatic heterocycles. The van der Waals surface area contributed by atoms with Crippen molar-refractivity contribution in [3.63, 3.8) is 0 Å². The van der Waals surface area contributed by atoms with E-state index >= 15 is 0 Å². The summed E-state index contributed by atoms with van der Waals surface area (Å²) in [5.41, 5.74) is 0. The molecule has 1 rings (SSSR count). The molecule has 0 spiro atoms. The topological polar surface area (TPSA) is 3.24 Å². The summed E-state index contributed by atoms with van der Waals surface area (Å²) in [4.78, 5) is 2.57. The molecule has 0 aromatic heterocycles. The molecule has 0 aliphatic carbocycles. The summed E-state index contributed by atoms with van der Waals surface area (Å²) >= 11 is 0. The van der Waals surface area contributed by atoms with E-state index in [1.54, 1.807) is 0 Å². The lowest BCUT2D eigenvalue weighted by Gasteiger charge is -2.25. The molecule has 0 aromatic rings. The number of unbranched alkanes of at least 4 members (excludes halogenated alkanes) is 2. The summed E-state index contributed by atoms with van der Waals surface area (Å²) in [5.74, 6) is 0. The van der Waals surface area contributed by atoms with Crippen molar-refractivity contribution in [3.05, 3.63) is 0 Å². The molecule has 1 fully saturated rings. The SMILES string of the molecule is CCCCC.CCCN1CCCCC1. The van der Waals surface area contributed by atoms with E-state index in [9.17, 15) is 0 Å². The third kappa shape index (κ3) is 8.55. The fraction of sp³-hybridized carbons (Fsp3) is 1.00. The highest BCUT2D eigenvalue weighted by Crippen LogP contribution is 2.07. The predicted octanol–water partition coefficient (Wildman–Crippen LogP) is 4.08. The molecule has 1 aliphatic rings. The van der Waals surface area contributed by atoms with Gasteiger partial charge in [-0.1, -0.05) is 46.5 Å². The number of hydrogen-bond acceptors (Lipinski definition) is 1. The first-order valence-electron chi connectivity index (χ1n) is 6.57. The van der Waals surface area contributed by atoms with E-state index in [4.69, 9.17) is 0 Å². The molecule has 1 heterocycles. The lowest BCUT2D eigenvalue weighted by atomic mass is 10.1. The minimum Gasteiger partial charge on any atom is -0.303 e. The van der Waals surface area contributed by atoms with Crippen molar-refractivity contribution in [2.75, 3.05) is 19.6 Å². The maximum absolute atomic E-state index is 2.57. The summed E-state index contributed by atoms with van der Waals surface area (Å²) in [6.07, 6.45) is 9.72. The van der Waals surface area contributed by atoms with Crippen LogP contribution >= 0.6 is 0 Å². The largest absolute Gasteiger partial charge is 0.303 e. The molecule has 0 radical (unpaired) electrons. The lowest BCUT2D eigenvalue weighted by Crippen LogP contribution is -2.30. The van der Waals surface area contributed by atoms with Crippen LogP contribution < -0.4 is 0 Å². The van der Waals surface area contributed by atoms with E-state index < -0.39 is 0 Å². The molecule has 0 amide bonds. The number of nitrogens with zero attached hydrogens (tertiary/aromatic N) is 1. The summed E-state index contributed by atoms with van der Waals surface area (Å²) in [6, 6.07) is 0. The van der Waals surface area contributed by atoms with Gasteiger partial charge in [-0.3, -0.25) is 0 Å². The Morgan fingerprint density at radius 2 is 1.36 bits per heavy atom. The van der Waals surface area contributed by atoms with Crippen molar-refractivity contribution in [1.29, 1.82) is 0 Å². The van der Waals surface area contributed by atoms with Gasteiger partial charge in [0.1, 0.15) is 0 Å². The van der Waals surface area contributed by atoms with E-state index in [1.807, 2.05) is 0 Å². The van der Waals surface area contributed by atoms with Gasteiger partial charge in [-0.05, 0) is 38.9 Å². The van der Waals surface area contributed by atoms with Crippen LogP contribution in [-0.4, -0.2) is 24.5 Å². The molecule has 0 aromatic carbocycles. The predicted molar refractivity (Wildman–Crippen MR) is 65.8 cm³/mol. The summed E-state index contributed by atoms with van der Waals surface area (Å²) in [5, 5.41) is 0. The number of hydrogen-bond donors (Lipinski definition) is 0. The zero-order valence-electron chi connectivity index (χ0n) is 10.5. The Hall–Kier alpha value is -0.0400. The van der Waals surface area contributed by atoms with Crippen LogP contribution in [0.25, 0.3) is 0 Å². The maximum Gasteiger partial charge on any atom is -0.00187 e. The van der Waals surface area contributed by atoms with Crippen LogP contribution in [0.1, 0.15) is 65.7 Å². The van der Waals surface area contributed by atoms with E-state index in [1.165, 1.54) is 64.6 Å². The van der Waals surface area contributed by atoms with Gasteiger partial charge >= 0.3 is 0 Å². The molecule has 0 bridgehead atoms. The standard InChI is InChI=1S/C8H17N.C5H12/c1-2-6-9-7-4-3-5-8-9;1-3-5-4-2/h2-8H2,1H3;3-5H2,1-2H3. The number of rotatable bonds is 4. The summed E-state index contributed by atoms with van der Waals surface area (Å²) < 4.78 is 0. The van der Waals surface area contributed by atoms with Crippen molar-refractivity contribution in [2.24, 2.45) is 0 Å². The lowest BCUT2D eigenvalue weighted by molar-refractivity contribution is 0.229. The average Bonchev–Trinajstić information content (AvgIpc) is 2.22. The number of likely N-dealkylation sites (tertiary alicyclic amines) is 1. The van der Waals surface area contributed by atoms with Gasteiger partial charge in [0.2, 0.25) is 0 Å². The second-order valence-corrected chi connectivity index (χ2v) is 4.26. The first-order valence-corrected chi connectivity index (χ1v) is 6.57. The van der Waals surface area contributed by atoms with Gasteiger partial charge in [0, 0.05) is 0 Å². The van der Waals surface area contributed by atoms with Crippen LogP contribution in [0.5, 0.6) is 0 Å². The Morgan fingerprint density at radius 1 is 0.786 bits per heavy atom. The van der Waals surface area contributed by atoms with Crippen LogP contribution in [0.3, 0.4) is 0 Å². The first-order chi connectivity index (χ1) is 6.85. The van der Waals surface area contributed by atoms with Crippen LogP contribution in [0.4, 0.5) is 0 Å². The highest BCUT2D eigenvalue weighted by molar-refractivity contribution is 4.62. The first kappa shape index (κ1) is 14.0. The van der Waals surface area contributed by atoms with Crippen LogP contribution in [-0.2, 0) is 0 Å². The van der Waals surface area contributed by atoms with E-state index in [0.29, 0.717) is 0 Å². The average molecular weight is 199 g/mol. The van der Waals surface area contributed by atoms with Crippen molar-refractivity contribution in [3.8, 4) is 0 Å². The quantitative estimate of drug-likeness (QED) is 0.659. The van der Waals surface area contributed by atoms with Crippen molar-refractivity contribution < 1.29 is 0 Å². The molecule has 1 nitrogen and oxygen atoms in total. The molecular weight excluding hydrogens is 170 g/mol. The van der Waals surface area contributed by atoms with Crippen molar-refractivity contribution in [2.45, 2.75) is 65.7 Å². The van der Waals surface area contributed by atoms with Crippen molar-refractivity contribution >= 4 is 0 Å². The molecule has 0 unspecified atom stereocenters. The highest BCUT2D eigenvalue weighted by atomic mass is 15.1. The van der Waals surface area contributed by atoms with Crippen LogP contribution in [0, 0.1) is 0 Å². The normalized spacial score (nSPS) is 17.4. The fourth-order valence-corrected chi connectivity index (χ4v) is 1.85. The molecule has 1 saturated heterocycles. The molecule has 0 N–H and O–H groups in total. The Labute approximate surface area is 90.9 Å². The Bertz CT molecular complexity index is 90.7. The van der Waals surface area contributed by atoms with Gasteiger partial charge < -0.3 is 4.90 Å². The third-order valence-electron chi connectivity index (χ3n) is 2.70.